The first-order chi connectivity index (χ1) is 24.4. The molecule has 0 heterocycles. The summed E-state index contributed by atoms with van der Waals surface area (Å²) in [5.74, 6) is 0. The summed E-state index contributed by atoms with van der Waals surface area (Å²) < 4.78 is 32.7. The highest BCUT2D eigenvalue weighted by Gasteiger charge is 2.38. The van der Waals surface area contributed by atoms with Crippen LogP contribution in [0, 0.1) is 13.8 Å². The Morgan fingerprint density at radius 1 is 0.320 bits per heavy atom. The first-order valence-electron chi connectivity index (χ1n) is 16.9. The summed E-state index contributed by atoms with van der Waals surface area (Å²) in [4.78, 5) is 0. The maximum absolute atomic E-state index is 16.4. The minimum absolute atomic E-state index is 0.729. The maximum Gasteiger partial charge on any atom is 0.171 e. The van der Waals surface area contributed by atoms with E-state index in [1.807, 2.05) is 147 Å². The maximum atomic E-state index is 16.4. The quantitative estimate of drug-likeness (QED) is 0.157. The van der Waals surface area contributed by atoms with Crippen molar-refractivity contribution in [2.75, 3.05) is 0 Å². The number of hydrogen-bond donors (Lipinski definition) is 0. The van der Waals surface area contributed by atoms with Gasteiger partial charge in [0.1, 0.15) is 0 Å². The van der Waals surface area contributed by atoms with Crippen molar-refractivity contribution in [2.24, 2.45) is 0 Å². The second-order valence-electron chi connectivity index (χ2n) is 12.9. The molecule has 0 saturated carbocycles. The molecule has 0 aliphatic carbocycles. The van der Waals surface area contributed by atoms with Gasteiger partial charge in [-0.1, -0.05) is 181 Å². The van der Waals surface area contributed by atoms with Crippen LogP contribution in [0.2, 0.25) is 0 Å². The Kier molecular flexibility index (Phi) is 8.24. The Morgan fingerprint density at radius 2 is 0.640 bits per heavy atom. The molecule has 0 bridgehead atoms. The molecular formula is C46H36O2P2. The van der Waals surface area contributed by atoms with Gasteiger partial charge in [-0.05, 0) is 47.5 Å². The van der Waals surface area contributed by atoms with Crippen molar-refractivity contribution in [3.8, 4) is 11.1 Å². The van der Waals surface area contributed by atoms with Crippen LogP contribution in [0.1, 0.15) is 11.1 Å². The van der Waals surface area contributed by atoms with Crippen LogP contribution in [-0.4, -0.2) is 0 Å². The first kappa shape index (κ1) is 32.0. The van der Waals surface area contributed by atoms with E-state index in [2.05, 4.69) is 48.5 Å². The van der Waals surface area contributed by atoms with Crippen molar-refractivity contribution in [2.45, 2.75) is 13.8 Å². The van der Waals surface area contributed by atoms with Crippen LogP contribution in [0.4, 0.5) is 0 Å². The fraction of sp³-hybridized carbons (Fsp3) is 0.0435. The summed E-state index contributed by atoms with van der Waals surface area (Å²) in [6.07, 6.45) is 0. The molecule has 0 aliphatic heterocycles. The van der Waals surface area contributed by atoms with Crippen molar-refractivity contribution >= 4 is 67.7 Å². The van der Waals surface area contributed by atoms with Gasteiger partial charge in [-0.3, -0.25) is 0 Å². The Labute approximate surface area is 293 Å². The molecule has 0 aromatic heterocycles. The molecule has 0 amide bonds. The lowest BCUT2D eigenvalue weighted by Gasteiger charge is -2.28. The van der Waals surface area contributed by atoms with E-state index in [-0.39, 0.29) is 0 Å². The minimum atomic E-state index is -3.49. The van der Waals surface area contributed by atoms with Gasteiger partial charge in [-0.15, -0.1) is 0 Å². The van der Waals surface area contributed by atoms with Crippen molar-refractivity contribution in [3.63, 3.8) is 0 Å². The Balaban J connectivity index is 1.58. The van der Waals surface area contributed by atoms with Crippen LogP contribution in [-0.2, 0) is 9.13 Å². The molecule has 2 nitrogen and oxygen atoms in total. The van der Waals surface area contributed by atoms with Crippen LogP contribution < -0.4 is 31.8 Å². The first-order valence-corrected chi connectivity index (χ1v) is 20.3. The van der Waals surface area contributed by atoms with E-state index in [1.165, 1.54) is 0 Å². The summed E-state index contributed by atoms with van der Waals surface area (Å²) in [6.45, 7) is 4.10. The molecular weight excluding hydrogens is 646 g/mol. The summed E-state index contributed by atoms with van der Waals surface area (Å²) in [7, 11) is -6.99. The zero-order chi connectivity index (χ0) is 34.3. The van der Waals surface area contributed by atoms with Gasteiger partial charge in [0.15, 0.2) is 14.3 Å². The third-order valence-corrected chi connectivity index (χ3v) is 16.0. The zero-order valence-electron chi connectivity index (χ0n) is 28.0. The molecule has 8 aromatic carbocycles. The van der Waals surface area contributed by atoms with Gasteiger partial charge >= 0.3 is 0 Å². The Morgan fingerprint density at radius 3 is 1.02 bits per heavy atom. The molecule has 4 heteroatoms. The van der Waals surface area contributed by atoms with Crippen molar-refractivity contribution in [3.05, 3.63) is 193 Å². The Bertz CT molecular complexity index is 2410. The molecule has 0 radical (unpaired) electrons. The summed E-state index contributed by atoms with van der Waals surface area (Å²) >= 11 is 0. The van der Waals surface area contributed by atoms with Crippen LogP contribution in [0.3, 0.4) is 0 Å². The number of fused-ring (bicyclic) bond motifs is 2. The van der Waals surface area contributed by atoms with Gasteiger partial charge in [0.05, 0.1) is 0 Å². The van der Waals surface area contributed by atoms with E-state index >= 15 is 9.13 Å². The third-order valence-electron chi connectivity index (χ3n) is 9.78. The fourth-order valence-corrected chi connectivity index (χ4v) is 12.9. The van der Waals surface area contributed by atoms with Gasteiger partial charge in [0.25, 0.3) is 0 Å². The van der Waals surface area contributed by atoms with Gasteiger partial charge in [-0.25, -0.2) is 0 Å². The predicted molar refractivity (Wildman–Crippen MR) is 215 cm³/mol. The third kappa shape index (κ3) is 5.28. The SMILES string of the molecule is Cc1ccc(P(=O)(c2ccccc2)c2ccc3ccccc3c2-c2c(P(=O)(c3ccccc3)c3ccc(C)cc3)ccc3ccccc23)cc1. The predicted octanol–water partition coefficient (Wildman–Crippen LogP) is 9.56. The zero-order valence-corrected chi connectivity index (χ0v) is 29.8. The number of benzene rings is 8. The highest BCUT2D eigenvalue weighted by Crippen LogP contribution is 2.51. The average molecular weight is 683 g/mol. The molecule has 2 unspecified atom stereocenters. The molecule has 2 atom stereocenters. The second-order valence-corrected chi connectivity index (χ2v) is 18.4. The van der Waals surface area contributed by atoms with Crippen LogP contribution in [0.25, 0.3) is 32.7 Å². The standard InChI is InChI=1S/C46H36O2P2/c1-33-21-27-39(28-22-33)49(47,37-15-5-3-6-16-37)43-31-25-35-13-9-11-19-41(35)45(43)46-42-20-12-10-14-36(42)26-32-44(46)50(48,38-17-7-4-8-18-38)40-29-23-34(2)24-30-40/h3-32H,1-2H3. The van der Waals surface area contributed by atoms with Crippen molar-refractivity contribution in [1.82, 2.24) is 0 Å². The fourth-order valence-electron chi connectivity index (χ4n) is 7.21. The lowest BCUT2D eigenvalue weighted by Crippen LogP contribution is -2.30. The molecule has 8 rings (SSSR count). The van der Waals surface area contributed by atoms with E-state index in [0.717, 1.165) is 75.6 Å². The van der Waals surface area contributed by atoms with E-state index < -0.39 is 14.3 Å². The molecule has 0 fully saturated rings. The lowest BCUT2D eigenvalue weighted by molar-refractivity contribution is 0.591. The Hall–Kier alpha value is -5.26. The highest BCUT2D eigenvalue weighted by molar-refractivity contribution is 7.86. The highest BCUT2D eigenvalue weighted by atomic mass is 31.2. The van der Waals surface area contributed by atoms with E-state index in [4.69, 9.17) is 0 Å². The smallest absolute Gasteiger partial charge is 0.171 e. The monoisotopic (exact) mass is 682 g/mol. The summed E-state index contributed by atoms with van der Waals surface area (Å²) in [6, 6.07) is 60.7. The molecule has 8 aromatic rings. The number of hydrogen-bond acceptors (Lipinski definition) is 2. The van der Waals surface area contributed by atoms with Gasteiger partial charge in [-0.2, -0.15) is 0 Å². The largest absolute Gasteiger partial charge is 0.309 e. The topological polar surface area (TPSA) is 34.1 Å². The molecule has 0 aliphatic rings. The normalized spacial score (nSPS) is 13.9. The molecule has 0 N–H and O–H groups in total. The molecule has 0 spiro atoms. The van der Waals surface area contributed by atoms with Crippen LogP contribution >= 0.6 is 14.3 Å². The minimum Gasteiger partial charge on any atom is -0.309 e. The summed E-state index contributed by atoms with van der Waals surface area (Å²) in [5, 5.41) is 8.48. The van der Waals surface area contributed by atoms with Crippen molar-refractivity contribution in [1.29, 1.82) is 0 Å². The molecule has 242 valence electrons. The molecule has 50 heavy (non-hydrogen) atoms. The van der Waals surface area contributed by atoms with Crippen molar-refractivity contribution < 1.29 is 9.13 Å². The van der Waals surface area contributed by atoms with Crippen LogP contribution in [0.5, 0.6) is 0 Å². The van der Waals surface area contributed by atoms with Gasteiger partial charge in [0, 0.05) is 43.0 Å². The van der Waals surface area contributed by atoms with E-state index in [9.17, 15) is 0 Å². The van der Waals surface area contributed by atoms with E-state index in [1.54, 1.807) is 0 Å². The van der Waals surface area contributed by atoms with Crippen LogP contribution in [0.15, 0.2) is 182 Å². The average Bonchev–Trinajstić information content (AvgIpc) is 3.17. The summed E-state index contributed by atoms with van der Waals surface area (Å²) in [5.41, 5.74) is 3.91. The van der Waals surface area contributed by atoms with E-state index in [0.29, 0.717) is 0 Å². The number of rotatable bonds is 7. The lowest BCUT2D eigenvalue weighted by atomic mass is 9.93. The number of aryl methyl sites for hydroxylation is 2. The van der Waals surface area contributed by atoms with Gasteiger partial charge < -0.3 is 9.13 Å². The molecule has 0 saturated heterocycles. The second kappa shape index (κ2) is 12.9. The van der Waals surface area contributed by atoms with Gasteiger partial charge in [0.2, 0.25) is 0 Å².